The van der Waals surface area contributed by atoms with Crippen LogP contribution in [0, 0.1) is 6.92 Å². The van der Waals surface area contributed by atoms with Gasteiger partial charge >= 0.3 is 0 Å². The largest absolute Gasteiger partial charge is 0.297 e. The minimum absolute atomic E-state index is 0.118. The van der Waals surface area contributed by atoms with E-state index >= 15 is 0 Å². The number of aryl methyl sites for hydroxylation is 1. The number of aromatic nitrogens is 1. The minimum atomic E-state index is -0.317. The van der Waals surface area contributed by atoms with E-state index < -0.39 is 0 Å². The maximum absolute atomic E-state index is 12.2. The Balaban J connectivity index is 1.81. The number of thiazole rings is 1. The summed E-state index contributed by atoms with van der Waals surface area (Å²) in [6.45, 7) is 1.92. The monoisotopic (exact) mass is 314 g/mol. The molecule has 0 fully saturated rings. The zero-order chi connectivity index (χ0) is 15.5. The van der Waals surface area contributed by atoms with E-state index in [0.29, 0.717) is 23.0 Å². The van der Waals surface area contributed by atoms with E-state index in [1.807, 2.05) is 25.1 Å². The maximum Gasteiger partial charge on any atom is 0.273 e. The van der Waals surface area contributed by atoms with E-state index in [-0.39, 0.29) is 18.2 Å². The third kappa shape index (κ3) is 3.04. The number of rotatable bonds is 3. The van der Waals surface area contributed by atoms with Crippen LogP contribution in [0.25, 0.3) is 0 Å². The molecule has 0 saturated heterocycles. The molecule has 1 aromatic carbocycles. The van der Waals surface area contributed by atoms with Gasteiger partial charge in [-0.25, -0.2) is 9.99 Å². The molecule has 7 heteroatoms. The number of carbonyl (C=O) groups is 2. The fourth-order valence-corrected chi connectivity index (χ4v) is 2.73. The van der Waals surface area contributed by atoms with Crippen molar-refractivity contribution in [3.8, 4) is 0 Å². The zero-order valence-electron chi connectivity index (χ0n) is 11.9. The van der Waals surface area contributed by atoms with Crippen LogP contribution in [0.2, 0.25) is 0 Å². The van der Waals surface area contributed by atoms with E-state index in [0.717, 1.165) is 4.88 Å². The lowest BCUT2D eigenvalue weighted by Gasteiger charge is -2.22. The Bertz CT molecular complexity index is 739. The van der Waals surface area contributed by atoms with Crippen molar-refractivity contribution in [2.45, 2.75) is 19.8 Å². The van der Waals surface area contributed by atoms with Crippen molar-refractivity contribution in [1.82, 2.24) is 4.98 Å². The van der Waals surface area contributed by atoms with E-state index in [1.54, 1.807) is 18.3 Å². The summed E-state index contributed by atoms with van der Waals surface area (Å²) in [5.74, 6) is -0.435. The second-order valence-corrected chi connectivity index (χ2v) is 6.05. The Kier molecular flexibility index (Phi) is 3.97. The quantitative estimate of drug-likeness (QED) is 0.946. The van der Waals surface area contributed by atoms with Gasteiger partial charge in [-0.1, -0.05) is 18.2 Å². The van der Waals surface area contributed by atoms with Gasteiger partial charge in [0.2, 0.25) is 5.91 Å². The van der Waals surface area contributed by atoms with Gasteiger partial charge in [-0.3, -0.25) is 14.9 Å². The van der Waals surface area contributed by atoms with Gasteiger partial charge in [0, 0.05) is 23.9 Å². The van der Waals surface area contributed by atoms with Gasteiger partial charge in [-0.05, 0) is 19.1 Å². The molecule has 2 amide bonds. The van der Waals surface area contributed by atoms with Crippen molar-refractivity contribution in [2.24, 2.45) is 5.10 Å². The van der Waals surface area contributed by atoms with Crippen LogP contribution >= 0.6 is 11.3 Å². The predicted molar refractivity (Wildman–Crippen MR) is 86.1 cm³/mol. The van der Waals surface area contributed by atoms with Gasteiger partial charge in [0.1, 0.15) is 5.71 Å². The highest BCUT2D eigenvalue weighted by Crippen LogP contribution is 2.21. The first-order chi connectivity index (χ1) is 10.6. The minimum Gasteiger partial charge on any atom is -0.297 e. The summed E-state index contributed by atoms with van der Waals surface area (Å²) in [4.78, 5) is 29.4. The summed E-state index contributed by atoms with van der Waals surface area (Å²) in [7, 11) is 0. The van der Waals surface area contributed by atoms with Gasteiger partial charge in [0.25, 0.3) is 5.91 Å². The van der Waals surface area contributed by atoms with Crippen LogP contribution in [0.3, 0.4) is 0 Å². The lowest BCUT2D eigenvalue weighted by molar-refractivity contribution is -0.118. The highest BCUT2D eigenvalue weighted by Gasteiger charge is 2.25. The second kappa shape index (κ2) is 6.07. The van der Waals surface area contributed by atoms with Crippen molar-refractivity contribution in [2.75, 3.05) is 10.3 Å². The molecule has 3 rings (SSSR count). The van der Waals surface area contributed by atoms with Crippen molar-refractivity contribution in [3.05, 3.63) is 41.4 Å². The second-order valence-electron chi connectivity index (χ2n) is 4.82. The maximum atomic E-state index is 12.2. The number of amides is 2. The predicted octanol–water partition coefficient (Wildman–Crippen LogP) is 2.57. The Morgan fingerprint density at radius 1 is 1.27 bits per heavy atom. The summed E-state index contributed by atoms with van der Waals surface area (Å²) in [6, 6.07) is 9.08. The topological polar surface area (TPSA) is 74.7 Å². The number of nitrogens with one attached hydrogen (secondary N) is 1. The van der Waals surface area contributed by atoms with E-state index in [2.05, 4.69) is 15.4 Å². The molecule has 6 nitrogen and oxygen atoms in total. The fraction of sp³-hybridized carbons (Fsp3) is 0.200. The van der Waals surface area contributed by atoms with Crippen LogP contribution in [0.4, 0.5) is 10.8 Å². The number of para-hydroxylation sites is 1. The molecule has 0 bridgehead atoms. The molecule has 2 heterocycles. The Labute approximate surface area is 131 Å². The average molecular weight is 314 g/mol. The van der Waals surface area contributed by atoms with Gasteiger partial charge < -0.3 is 0 Å². The normalized spacial score (nSPS) is 14.7. The lowest BCUT2D eigenvalue weighted by Crippen LogP contribution is -2.36. The Morgan fingerprint density at radius 2 is 2.05 bits per heavy atom. The van der Waals surface area contributed by atoms with Crippen LogP contribution < -0.4 is 10.3 Å². The van der Waals surface area contributed by atoms with Crippen LogP contribution in [0.1, 0.15) is 17.7 Å². The van der Waals surface area contributed by atoms with Crippen LogP contribution in [-0.4, -0.2) is 22.5 Å². The molecule has 0 unspecified atom stereocenters. The molecule has 1 aliphatic rings. The molecule has 0 radical (unpaired) electrons. The van der Waals surface area contributed by atoms with E-state index in [4.69, 9.17) is 0 Å². The number of carbonyl (C=O) groups excluding carboxylic acids is 2. The van der Waals surface area contributed by atoms with E-state index in [1.165, 1.54) is 16.3 Å². The molecule has 0 atom stereocenters. The third-order valence-corrected chi connectivity index (χ3v) is 3.97. The molecule has 112 valence electrons. The number of benzene rings is 1. The molecule has 1 N–H and O–H groups in total. The first-order valence-corrected chi connectivity index (χ1v) is 7.64. The number of hydrogen-bond donors (Lipinski definition) is 1. The first kappa shape index (κ1) is 14.4. The molecule has 2 aromatic rings. The molecular weight excluding hydrogens is 300 g/mol. The Hall–Kier alpha value is -2.54. The van der Waals surface area contributed by atoms with Gasteiger partial charge in [-0.2, -0.15) is 5.10 Å². The van der Waals surface area contributed by atoms with Crippen LogP contribution in [-0.2, 0) is 9.59 Å². The number of hydrogen-bond acceptors (Lipinski definition) is 5. The number of nitrogens with zero attached hydrogens (tertiary/aromatic N) is 3. The van der Waals surface area contributed by atoms with E-state index in [9.17, 15) is 9.59 Å². The standard InChI is InChI=1S/C15H14N4O2S/c1-10-9-16-15(22-10)17-14(21)12-7-8-13(20)19(18-12)11-5-3-2-4-6-11/h2-6,9H,7-8H2,1H3,(H,16,17,21). The molecule has 22 heavy (non-hydrogen) atoms. The van der Waals surface area contributed by atoms with Gasteiger partial charge in [0.15, 0.2) is 5.13 Å². The van der Waals surface area contributed by atoms with Gasteiger partial charge in [-0.15, -0.1) is 11.3 Å². The first-order valence-electron chi connectivity index (χ1n) is 6.83. The molecule has 0 aliphatic carbocycles. The average Bonchev–Trinajstić information content (AvgIpc) is 2.93. The molecule has 0 spiro atoms. The summed E-state index contributed by atoms with van der Waals surface area (Å²) in [6.07, 6.45) is 2.29. The zero-order valence-corrected chi connectivity index (χ0v) is 12.8. The summed E-state index contributed by atoms with van der Waals surface area (Å²) in [5, 5.41) is 8.74. The van der Waals surface area contributed by atoms with Crippen molar-refractivity contribution in [1.29, 1.82) is 0 Å². The molecule has 0 saturated carbocycles. The Morgan fingerprint density at radius 3 is 2.73 bits per heavy atom. The summed E-state index contributed by atoms with van der Waals surface area (Å²) in [5.41, 5.74) is 0.985. The molecule has 1 aliphatic heterocycles. The fourth-order valence-electron chi connectivity index (χ4n) is 2.07. The summed E-state index contributed by atoms with van der Waals surface area (Å²) < 4.78 is 0. The molecular formula is C15H14N4O2S. The SMILES string of the molecule is Cc1cnc(NC(=O)C2=NN(c3ccccc3)C(=O)CC2)s1. The number of hydrazone groups is 1. The molecule has 1 aromatic heterocycles. The van der Waals surface area contributed by atoms with Crippen LogP contribution in [0.5, 0.6) is 0 Å². The number of anilines is 2. The van der Waals surface area contributed by atoms with Crippen molar-refractivity contribution >= 4 is 39.7 Å². The summed E-state index contributed by atoms with van der Waals surface area (Å²) >= 11 is 1.40. The van der Waals surface area contributed by atoms with Crippen molar-refractivity contribution < 1.29 is 9.59 Å². The third-order valence-electron chi connectivity index (χ3n) is 3.14. The smallest absolute Gasteiger partial charge is 0.273 e. The lowest BCUT2D eigenvalue weighted by atomic mass is 10.1. The van der Waals surface area contributed by atoms with Crippen LogP contribution in [0.15, 0.2) is 41.6 Å². The van der Waals surface area contributed by atoms with Gasteiger partial charge in [0.05, 0.1) is 5.69 Å². The van der Waals surface area contributed by atoms with Crippen molar-refractivity contribution in [3.63, 3.8) is 0 Å². The highest BCUT2D eigenvalue weighted by molar-refractivity contribution is 7.15. The highest BCUT2D eigenvalue weighted by atomic mass is 32.1.